The van der Waals surface area contributed by atoms with Gasteiger partial charge in [-0.05, 0) is 44.6 Å². The maximum atomic E-state index is 11.4. The maximum absolute atomic E-state index is 11.4. The number of quaternary nitrogens is 1. The molecule has 0 aromatic heterocycles. The molecule has 0 bridgehead atoms. The molecule has 0 atom stereocenters. The minimum atomic E-state index is -0.762. The Morgan fingerprint density at radius 1 is 0.792 bits per heavy atom. The van der Waals surface area contributed by atoms with E-state index in [1.54, 1.807) is 0 Å². The monoisotopic (exact) mass is 342 g/mol. The maximum Gasteiger partial charge on any atom is 0.359 e. The van der Waals surface area contributed by atoms with Crippen LogP contribution >= 0.6 is 0 Å². The van der Waals surface area contributed by atoms with Crippen LogP contribution in [0.3, 0.4) is 0 Å². The molecule has 0 saturated carbocycles. The van der Waals surface area contributed by atoms with Crippen molar-refractivity contribution in [1.82, 2.24) is 0 Å². The molecule has 4 heteroatoms. The van der Waals surface area contributed by atoms with Gasteiger partial charge in [-0.1, -0.05) is 46.5 Å². The molecule has 0 heterocycles. The zero-order chi connectivity index (χ0) is 18.3. The molecule has 24 heavy (non-hydrogen) atoms. The number of aliphatic hydroxyl groups is 1. The molecule has 0 aromatic rings. The highest BCUT2D eigenvalue weighted by molar-refractivity contribution is 5.68. The first-order valence-electron chi connectivity index (χ1n) is 9.94. The number of rotatable bonds is 16. The number of carbonyl (C=O) groups is 1. The third kappa shape index (κ3) is 11.5. The lowest BCUT2D eigenvalue weighted by atomic mass is 10.1. The first-order chi connectivity index (χ1) is 11.5. The lowest BCUT2D eigenvalue weighted by Gasteiger charge is -2.37. The van der Waals surface area contributed by atoms with Gasteiger partial charge < -0.3 is 14.7 Å². The van der Waals surface area contributed by atoms with Crippen molar-refractivity contribution in [1.29, 1.82) is 0 Å². The first-order valence-corrected chi connectivity index (χ1v) is 9.94. The van der Waals surface area contributed by atoms with Crippen molar-refractivity contribution in [2.45, 2.75) is 85.0 Å². The number of hydrogen-bond acceptors (Lipinski definition) is 2. The van der Waals surface area contributed by atoms with Crippen LogP contribution in [-0.2, 0) is 4.79 Å². The number of aliphatic hydroxyl groups excluding tert-OH is 1. The number of carboxylic acids is 1. The van der Waals surface area contributed by atoms with Gasteiger partial charge in [0, 0.05) is 0 Å². The van der Waals surface area contributed by atoms with Crippen LogP contribution in [-0.4, -0.2) is 46.8 Å². The Bertz CT molecular complexity index is 343. The summed E-state index contributed by atoms with van der Waals surface area (Å²) in [7, 11) is 0. The second-order valence-corrected chi connectivity index (χ2v) is 7.10. The van der Waals surface area contributed by atoms with Crippen LogP contribution in [0.25, 0.3) is 0 Å². The Morgan fingerprint density at radius 3 is 1.75 bits per heavy atom. The molecule has 0 aliphatic rings. The molecule has 4 nitrogen and oxygen atoms in total. The normalized spacial score (nSPS) is 12.5. The van der Waals surface area contributed by atoms with Crippen molar-refractivity contribution in [2.75, 3.05) is 26.2 Å². The summed E-state index contributed by atoms with van der Waals surface area (Å²) in [4.78, 5) is 11.4. The smallest absolute Gasteiger partial charge is 0.359 e. The van der Waals surface area contributed by atoms with Crippen molar-refractivity contribution in [3.8, 4) is 0 Å². The Labute approximate surface area is 149 Å². The van der Waals surface area contributed by atoms with Crippen LogP contribution in [0.15, 0.2) is 11.8 Å². The van der Waals surface area contributed by atoms with E-state index in [0.29, 0.717) is 16.8 Å². The number of hydrogen-bond donors (Lipinski definition) is 2. The molecule has 0 fully saturated rings. The van der Waals surface area contributed by atoms with Gasteiger partial charge in [0.25, 0.3) is 0 Å². The Kier molecular flexibility index (Phi) is 13.7. The largest absolute Gasteiger partial charge is 0.507 e. The Morgan fingerprint density at radius 2 is 1.29 bits per heavy atom. The van der Waals surface area contributed by atoms with Crippen molar-refractivity contribution in [2.24, 2.45) is 0 Å². The molecule has 0 unspecified atom stereocenters. The van der Waals surface area contributed by atoms with E-state index in [1.165, 1.54) is 12.8 Å². The van der Waals surface area contributed by atoms with Crippen molar-refractivity contribution in [3.05, 3.63) is 11.8 Å². The van der Waals surface area contributed by atoms with Crippen LogP contribution in [0.2, 0.25) is 0 Å². The van der Waals surface area contributed by atoms with Gasteiger partial charge in [0.1, 0.15) is 12.3 Å². The molecular formula is C20H40NO3+. The zero-order valence-electron chi connectivity index (χ0n) is 16.2. The molecule has 0 aliphatic heterocycles. The average Bonchev–Trinajstić information content (AvgIpc) is 2.51. The predicted molar refractivity (Wildman–Crippen MR) is 101 cm³/mol. The highest BCUT2D eigenvalue weighted by Gasteiger charge is 2.30. The molecule has 142 valence electrons. The lowest BCUT2D eigenvalue weighted by molar-refractivity contribution is -0.918. The van der Waals surface area contributed by atoms with Gasteiger partial charge >= 0.3 is 5.97 Å². The van der Waals surface area contributed by atoms with E-state index >= 15 is 0 Å². The Balaban J connectivity index is 4.94. The lowest BCUT2D eigenvalue weighted by Crippen LogP contribution is -2.53. The zero-order valence-corrected chi connectivity index (χ0v) is 16.2. The van der Waals surface area contributed by atoms with Crippen LogP contribution < -0.4 is 0 Å². The second kappa shape index (κ2) is 14.3. The van der Waals surface area contributed by atoms with E-state index in [4.69, 9.17) is 0 Å². The van der Waals surface area contributed by atoms with Gasteiger partial charge in [-0.2, -0.15) is 0 Å². The minimum absolute atomic E-state index is 0.111. The van der Waals surface area contributed by atoms with Gasteiger partial charge in [-0.3, -0.25) is 0 Å². The van der Waals surface area contributed by atoms with Crippen LogP contribution in [0.5, 0.6) is 0 Å². The fourth-order valence-corrected chi connectivity index (χ4v) is 3.24. The summed E-state index contributed by atoms with van der Waals surface area (Å²) >= 11 is 0. The highest BCUT2D eigenvalue weighted by Crippen LogP contribution is 2.17. The fourth-order valence-electron chi connectivity index (χ4n) is 3.24. The number of allylic oxidation sites excluding steroid dienone is 1. The van der Waals surface area contributed by atoms with Crippen LogP contribution in [0, 0.1) is 0 Å². The topological polar surface area (TPSA) is 57.5 Å². The van der Waals surface area contributed by atoms with Crippen LogP contribution in [0.4, 0.5) is 0 Å². The van der Waals surface area contributed by atoms with E-state index in [9.17, 15) is 15.0 Å². The number of carboxylic acid groups (broad SMARTS) is 1. The van der Waals surface area contributed by atoms with Crippen LogP contribution in [0.1, 0.15) is 85.0 Å². The average molecular weight is 343 g/mol. The van der Waals surface area contributed by atoms with Gasteiger partial charge in [-0.15, -0.1) is 0 Å². The standard InChI is InChI=1S/C20H39NO3/c1-4-7-10-11-14-19(22)17-21(18-20(23)24,15-12-8-5-2)16-13-9-6-3/h14H,4-13,15-18H2,1-3H3,(H-,22,23,24)/p+1/b19-14-. The molecule has 0 aromatic carbocycles. The van der Waals surface area contributed by atoms with Crippen molar-refractivity contribution in [3.63, 3.8) is 0 Å². The van der Waals surface area contributed by atoms with E-state index < -0.39 is 5.97 Å². The summed E-state index contributed by atoms with van der Waals surface area (Å²) in [6.45, 7) is 8.75. The summed E-state index contributed by atoms with van der Waals surface area (Å²) in [6.07, 6.45) is 12.8. The van der Waals surface area contributed by atoms with Gasteiger partial charge in [0.2, 0.25) is 0 Å². The molecule has 0 aliphatic carbocycles. The summed E-state index contributed by atoms with van der Waals surface area (Å²) in [5.74, 6) is -0.387. The van der Waals surface area contributed by atoms with Gasteiger partial charge in [-0.25, -0.2) is 4.79 Å². The van der Waals surface area contributed by atoms with Gasteiger partial charge in [0.05, 0.1) is 13.1 Å². The third-order valence-corrected chi connectivity index (χ3v) is 4.63. The minimum Gasteiger partial charge on any atom is -0.507 e. The van der Waals surface area contributed by atoms with E-state index in [1.807, 2.05) is 6.08 Å². The Hall–Kier alpha value is -1.03. The third-order valence-electron chi connectivity index (χ3n) is 4.63. The summed E-state index contributed by atoms with van der Waals surface area (Å²) in [5, 5.41) is 19.8. The van der Waals surface area contributed by atoms with Crippen molar-refractivity contribution >= 4 is 5.97 Å². The first kappa shape index (κ1) is 23.0. The second-order valence-electron chi connectivity index (χ2n) is 7.10. The molecule has 2 N–H and O–H groups in total. The molecular weight excluding hydrogens is 302 g/mol. The summed E-state index contributed by atoms with van der Waals surface area (Å²) in [6, 6.07) is 0. The van der Waals surface area contributed by atoms with E-state index in [-0.39, 0.29) is 6.54 Å². The predicted octanol–water partition coefficient (Wildman–Crippen LogP) is 5.29. The van der Waals surface area contributed by atoms with Gasteiger partial charge in [0.15, 0.2) is 6.54 Å². The number of unbranched alkanes of at least 4 members (excludes halogenated alkanes) is 7. The highest BCUT2D eigenvalue weighted by atomic mass is 16.4. The van der Waals surface area contributed by atoms with E-state index in [2.05, 4.69) is 20.8 Å². The van der Waals surface area contributed by atoms with E-state index in [0.717, 1.165) is 64.5 Å². The van der Waals surface area contributed by atoms with Crippen molar-refractivity contribution < 1.29 is 19.5 Å². The quantitative estimate of drug-likeness (QED) is 0.228. The number of nitrogens with zero attached hydrogens (tertiary/aromatic N) is 1. The fraction of sp³-hybridized carbons (Fsp3) is 0.850. The molecule has 0 rings (SSSR count). The molecule has 0 amide bonds. The SMILES string of the molecule is CCCCC/C=C(\O)C[N+](CCCCC)(CCCCC)CC(=O)O. The number of aliphatic carboxylic acids is 1. The summed E-state index contributed by atoms with van der Waals surface area (Å²) in [5.41, 5.74) is 0. The molecule has 0 spiro atoms. The molecule has 0 radical (unpaired) electrons. The summed E-state index contributed by atoms with van der Waals surface area (Å²) < 4.78 is 0.492. The molecule has 0 saturated heterocycles.